The second-order valence-electron chi connectivity index (χ2n) is 7.11. The average Bonchev–Trinajstić information content (AvgIpc) is 2.68. The van der Waals surface area contributed by atoms with Crippen LogP contribution in [0.1, 0.15) is 28.3 Å². The van der Waals surface area contributed by atoms with E-state index in [0.717, 1.165) is 30.7 Å². The zero-order chi connectivity index (χ0) is 18.8. The summed E-state index contributed by atoms with van der Waals surface area (Å²) in [4.78, 5) is 22.8. The Kier molecular flexibility index (Phi) is 4.73. The Morgan fingerprint density at radius 2 is 1.96 bits per heavy atom. The minimum absolute atomic E-state index is 0.210. The Morgan fingerprint density at radius 1 is 1.15 bits per heavy atom. The van der Waals surface area contributed by atoms with Crippen LogP contribution in [-0.4, -0.2) is 47.0 Å². The number of likely N-dealkylation sites (N-methyl/N-ethyl adjacent to an activating group) is 1. The molecule has 1 aromatic heterocycles. The van der Waals surface area contributed by atoms with Crippen molar-refractivity contribution in [1.29, 1.82) is 0 Å². The number of likely N-dealkylation sites (tertiary alicyclic amines) is 1. The van der Waals surface area contributed by atoms with E-state index >= 15 is 0 Å². The Labute approximate surface area is 158 Å². The molecule has 2 atom stereocenters. The summed E-state index contributed by atoms with van der Waals surface area (Å²) in [5, 5.41) is 4.44. The van der Waals surface area contributed by atoms with Gasteiger partial charge in [-0.2, -0.15) is 0 Å². The number of amides is 1. The Balaban J connectivity index is 1.71. The molecule has 27 heavy (non-hydrogen) atoms. The third-order valence-corrected chi connectivity index (χ3v) is 5.30. The van der Waals surface area contributed by atoms with Crippen molar-refractivity contribution in [2.75, 3.05) is 25.5 Å². The lowest BCUT2D eigenvalue weighted by molar-refractivity contribution is 0.100. The summed E-state index contributed by atoms with van der Waals surface area (Å²) in [5.41, 5.74) is 7.84. The van der Waals surface area contributed by atoms with Gasteiger partial charge in [-0.15, -0.1) is 0 Å². The van der Waals surface area contributed by atoms with Crippen LogP contribution in [0.3, 0.4) is 0 Å². The van der Waals surface area contributed by atoms with Gasteiger partial charge in [-0.3, -0.25) is 4.79 Å². The maximum Gasteiger partial charge on any atom is 0.250 e. The van der Waals surface area contributed by atoms with E-state index in [1.165, 1.54) is 11.9 Å². The number of benzene rings is 2. The second-order valence-corrected chi connectivity index (χ2v) is 7.11. The fraction of sp³-hybridized carbons (Fsp3) is 0.286. The quantitative estimate of drug-likeness (QED) is 0.746. The van der Waals surface area contributed by atoms with Gasteiger partial charge in [0, 0.05) is 23.9 Å². The fourth-order valence-electron chi connectivity index (χ4n) is 3.94. The van der Waals surface area contributed by atoms with Gasteiger partial charge in [0.15, 0.2) is 0 Å². The first-order valence-electron chi connectivity index (χ1n) is 9.17. The standard InChI is InChI=1S/C21H23N5O/c1-26-11-10-15(14-6-3-2-4-7-14)18(12-26)25-21-17-9-5-8-16(20(22)27)19(17)23-13-24-21/h2-9,13,15,18H,10-12H2,1H3,(H2,22,27)(H,23,24,25)/t15-,18+/m1/s1. The topological polar surface area (TPSA) is 84.1 Å². The maximum atomic E-state index is 11.7. The molecule has 0 aliphatic carbocycles. The van der Waals surface area contributed by atoms with E-state index in [1.54, 1.807) is 6.07 Å². The number of fused-ring (bicyclic) bond motifs is 1. The lowest BCUT2D eigenvalue weighted by Crippen LogP contribution is -2.45. The number of anilines is 1. The molecular formula is C21H23N5O. The molecule has 2 aromatic carbocycles. The number of nitrogens with one attached hydrogen (secondary N) is 1. The highest BCUT2D eigenvalue weighted by Gasteiger charge is 2.29. The molecule has 1 amide bonds. The SMILES string of the molecule is CN1CC[C@H](c2ccccc2)[C@@H](Nc2ncnc3c(C(N)=O)cccc23)C1. The zero-order valence-electron chi connectivity index (χ0n) is 15.3. The van der Waals surface area contributed by atoms with Crippen LogP contribution in [0.25, 0.3) is 10.9 Å². The number of hydrogen-bond acceptors (Lipinski definition) is 5. The summed E-state index contributed by atoms with van der Waals surface area (Å²) in [7, 11) is 2.14. The van der Waals surface area contributed by atoms with Crippen molar-refractivity contribution in [3.63, 3.8) is 0 Å². The molecule has 3 N–H and O–H groups in total. The summed E-state index contributed by atoms with van der Waals surface area (Å²) in [5.74, 6) is 0.654. The van der Waals surface area contributed by atoms with Crippen molar-refractivity contribution in [3.8, 4) is 0 Å². The van der Waals surface area contributed by atoms with E-state index < -0.39 is 5.91 Å². The first-order valence-corrected chi connectivity index (χ1v) is 9.17. The molecule has 4 rings (SSSR count). The molecule has 6 nitrogen and oxygen atoms in total. The largest absolute Gasteiger partial charge is 0.366 e. The molecule has 138 valence electrons. The molecule has 2 heterocycles. The summed E-state index contributed by atoms with van der Waals surface area (Å²) >= 11 is 0. The first-order chi connectivity index (χ1) is 13.1. The predicted octanol–water partition coefficient (Wildman–Crippen LogP) is 2.63. The van der Waals surface area contributed by atoms with Gasteiger partial charge in [0.2, 0.25) is 0 Å². The van der Waals surface area contributed by atoms with E-state index in [9.17, 15) is 4.79 Å². The Hall–Kier alpha value is -2.99. The van der Waals surface area contributed by atoms with Gasteiger partial charge in [0.1, 0.15) is 12.1 Å². The minimum atomic E-state index is -0.482. The highest BCUT2D eigenvalue weighted by atomic mass is 16.1. The third kappa shape index (κ3) is 3.48. The summed E-state index contributed by atoms with van der Waals surface area (Å²) < 4.78 is 0. The monoisotopic (exact) mass is 361 g/mol. The van der Waals surface area contributed by atoms with Crippen molar-refractivity contribution in [2.45, 2.75) is 18.4 Å². The van der Waals surface area contributed by atoms with E-state index in [1.807, 2.05) is 18.2 Å². The molecule has 0 unspecified atom stereocenters. The number of carbonyl (C=O) groups excluding carboxylic acids is 1. The average molecular weight is 361 g/mol. The fourth-order valence-corrected chi connectivity index (χ4v) is 3.94. The van der Waals surface area contributed by atoms with E-state index in [2.05, 4.69) is 51.5 Å². The second kappa shape index (κ2) is 7.32. The number of carbonyl (C=O) groups is 1. The van der Waals surface area contributed by atoms with Gasteiger partial charge in [-0.05, 0) is 37.7 Å². The Bertz CT molecular complexity index is 959. The van der Waals surface area contributed by atoms with Crippen LogP contribution in [-0.2, 0) is 0 Å². The third-order valence-electron chi connectivity index (χ3n) is 5.30. The summed E-state index contributed by atoms with van der Waals surface area (Å²) in [6.45, 7) is 1.98. The Morgan fingerprint density at radius 3 is 2.74 bits per heavy atom. The zero-order valence-corrected chi connectivity index (χ0v) is 15.3. The van der Waals surface area contributed by atoms with Crippen LogP contribution in [0.2, 0.25) is 0 Å². The number of hydrogen-bond donors (Lipinski definition) is 2. The van der Waals surface area contributed by atoms with Gasteiger partial charge < -0.3 is 16.0 Å². The maximum absolute atomic E-state index is 11.7. The van der Waals surface area contributed by atoms with Gasteiger partial charge in [-0.1, -0.05) is 36.4 Å². The number of rotatable bonds is 4. The van der Waals surface area contributed by atoms with Crippen LogP contribution < -0.4 is 11.1 Å². The van der Waals surface area contributed by atoms with Gasteiger partial charge in [-0.25, -0.2) is 9.97 Å². The highest BCUT2D eigenvalue weighted by Crippen LogP contribution is 2.31. The number of primary amides is 1. The minimum Gasteiger partial charge on any atom is -0.366 e. The molecule has 1 fully saturated rings. The molecular weight excluding hydrogens is 338 g/mol. The molecule has 0 radical (unpaired) electrons. The van der Waals surface area contributed by atoms with Crippen LogP contribution >= 0.6 is 0 Å². The van der Waals surface area contributed by atoms with Crippen molar-refractivity contribution in [2.24, 2.45) is 5.73 Å². The molecule has 1 saturated heterocycles. The molecule has 1 aliphatic heterocycles. The molecule has 0 bridgehead atoms. The smallest absolute Gasteiger partial charge is 0.250 e. The lowest BCUT2D eigenvalue weighted by Gasteiger charge is -2.38. The van der Waals surface area contributed by atoms with Crippen molar-refractivity contribution in [3.05, 3.63) is 66.0 Å². The molecule has 3 aromatic rings. The molecule has 1 aliphatic rings. The number of aromatic nitrogens is 2. The summed E-state index contributed by atoms with van der Waals surface area (Å²) in [6, 6.07) is 16.2. The first kappa shape index (κ1) is 17.4. The highest BCUT2D eigenvalue weighted by molar-refractivity contribution is 6.06. The van der Waals surface area contributed by atoms with E-state index in [-0.39, 0.29) is 6.04 Å². The summed E-state index contributed by atoms with van der Waals surface area (Å²) in [6.07, 6.45) is 2.56. The predicted molar refractivity (Wildman–Crippen MR) is 107 cm³/mol. The van der Waals surface area contributed by atoms with Crippen LogP contribution in [0.4, 0.5) is 5.82 Å². The van der Waals surface area contributed by atoms with Gasteiger partial charge in [0.05, 0.1) is 11.1 Å². The van der Waals surface area contributed by atoms with Crippen molar-refractivity contribution >= 4 is 22.6 Å². The van der Waals surface area contributed by atoms with Gasteiger partial charge in [0.25, 0.3) is 5.91 Å². The number of nitrogens with zero attached hydrogens (tertiary/aromatic N) is 3. The molecule has 6 heteroatoms. The number of para-hydroxylation sites is 1. The van der Waals surface area contributed by atoms with Gasteiger partial charge >= 0.3 is 0 Å². The molecule has 0 spiro atoms. The lowest BCUT2D eigenvalue weighted by atomic mass is 9.85. The van der Waals surface area contributed by atoms with E-state index in [0.29, 0.717) is 17.0 Å². The van der Waals surface area contributed by atoms with Crippen molar-refractivity contribution in [1.82, 2.24) is 14.9 Å². The van der Waals surface area contributed by atoms with Crippen LogP contribution in [0.5, 0.6) is 0 Å². The van der Waals surface area contributed by atoms with Crippen molar-refractivity contribution < 1.29 is 4.79 Å². The van der Waals surface area contributed by atoms with E-state index in [4.69, 9.17) is 5.73 Å². The normalized spacial score (nSPS) is 20.5. The molecule has 0 saturated carbocycles. The van der Waals surface area contributed by atoms with Crippen LogP contribution in [0, 0.1) is 0 Å². The number of nitrogens with two attached hydrogens (primary N) is 1. The number of piperidine rings is 1. The van der Waals surface area contributed by atoms with Crippen LogP contribution in [0.15, 0.2) is 54.9 Å².